The quantitative estimate of drug-likeness (QED) is 0.508. The summed E-state index contributed by atoms with van der Waals surface area (Å²) < 4.78 is 10.3. The summed E-state index contributed by atoms with van der Waals surface area (Å²) in [5.41, 5.74) is 2.68. The van der Waals surface area contributed by atoms with E-state index in [1.54, 1.807) is 11.1 Å². The van der Waals surface area contributed by atoms with Crippen LogP contribution in [-0.4, -0.2) is 66.4 Å². The number of nitrogens with zero attached hydrogens (tertiary/aromatic N) is 4. The lowest BCUT2D eigenvalue weighted by Gasteiger charge is -2.23. The lowest BCUT2D eigenvalue weighted by atomic mass is 10.1. The van der Waals surface area contributed by atoms with Crippen molar-refractivity contribution in [3.63, 3.8) is 0 Å². The number of nitrogens with one attached hydrogen (secondary N) is 1. The highest BCUT2D eigenvalue weighted by Gasteiger charge is 2.29. The number of aryl methyl sites for hydroxylation is 1. The summed E-state index contributed by atoms with van der Waals surface area (Å²) in [6.07, 6.45) is 3.85. The van der Waals surface area contributed by atoms with Gasteiger partial charge in [-0.1, -0.05) is 37.1 Å². The Balaban J connectivity index is 1.50. The maximum absolute atomic E-state index is 12.0. The molecule has 2 amide bonds. The number of halogens is 1. The van der Waals surface area contributed by atoms with Crippen molar-refractivity contribution in [2.24, 2.45) is 5.92 Å². The fourth-order valence-corrected chi connectivity index (χ4v) is 4.39. The summed E-state index contributed by atoms with van der Waals surface area (Å²) in [6, 6.07) is 5.78. The number of hydrogen-bond donors (Lipinski definition) is 1. The third-order valence-electron chi connectivity index (χ3n) is 6.33. The minimum absolute atomic E-state index is 0.269. The smallest absolute Gasteiger partial charge is 0.410 e. The maximum Gasteiger partial charge on any atom is 0.410 e. The van der Waals surface area contributed by atoms with E-state index in [0.29, 0.717) is 43.7 Å². The molecule has 35 heavy (non-hydrogen) atoms. The predicted octanol–water partition coefficient (Wildman–Crippen LogP) is 4.41. The first kappa shape index (κ1) is 25.0. The van der Waals surface area contributed by atoms with Crippen LogP contribution in [0.2, 0.25) is 5.02 Å². The zero-order valence-corrected chi connectivity index (χ0v) is 21.0. The van der Waals surface area contributed by atoms with E-state index in [1.165, 1.54) is 0 Å². The molecule has 1 aromatic carbocycles. The third kappa shape index (κ3) is 6.33. The average Bonchev–Trinajstić information content (AvgIpc) is 3.49. The Bertz CT molecular complexity index is 1070. The van der Waals surface area contributed by atoms with E-state index < -0.39 is 0 Å². The number of rotatable bonds is 9. The fourth-order valence-electron chi connectivity index (χ4n) is 4.21. The summed E-state index contributed by atoms with van der Waals surface area (Å²) in [7, 11) is 0. The first-order valence-electron chi connectivity index (χ1n) is 12.1. The monoisotopic (exact) mass is 501 g/mol. The highest BCUT2D eigenvalue weighted by atomic mass is 35.5. The summed E-state index contributed by atoms with van der Waals surface area (Å²) in [4.78, 5) is 37.3. The van der Waals surface area contributed by atoms with Gasteiger partial charge < -0.3 is 24.6 Å². The number of cyclic esters (lactones) is 1. The summed E-state index contributed by atoms with van der Waals surface area (Å²) in [6.45, 7) is 7.83. The molecule has 1 aromatic heterocycles. The topological polar surface area (TPSA) is 96.9 Å². The van der Waals surface area contributed by atoms with Gasteiger partial charge in [0.2, 0.25) is 0 Å². The van der Waals surface area contributed by atoms with Crippen molar-refractivity contribution in [2.45, 2.75) is 39.7 Å². The fraction of sp³-hybridized carbons (Fsp3) is 0.520. The maximum atomic E-state index is 12.0. The molecule has 2 saturated heterocycles. The van der Waals surface area contributed by atoms with Gasteiger partial charge in [0.1, 0.15) is 12.4 Å². The van der Waals surface area contributed by atoms with E-state index in [4.69, 9.17) is 26.1 Å². The van der Waals surface area contributed by atoms with Crippen LogP contribution in [0.15, 0.2) is 24.4 Å². The normalized spacial score (nSPS) is 17.6. The minimum Gasteiger partial charge on any atom is -0.450 e. The van der Waals surface area contributed by atoms with Gasteiger partial charge in [-0.3, -0.25) is 0 Å². The second kappa shape index (κ2) is 11.6. The number of carbonyl (C=O) groups excluding carboxylic acids is 2. The number of alkyl carbamates (subject to hydrolysis) is 1. The molecule has 2 aliphatic heterocycles. The SMILES string of the molecule is CCCCOC(=O)NCC1CCN(c2nc(-c3ccc(C)c(Cl)c3)ncc2CN2CCOC2=O)C1. The van der Waals surface area contributed by atoms with Gasteiger partial charge in [-0.2, -0.15) is 0 Å². The molecule has 9 nitrogen and oxygen atoms in total. The molecule has 0 aliphatic carbocycles. The van der Waals surface area contributed by atoms with Crippen molar-refractivity contribution in [1.29, 1.82) is 0 Å². The standard InChI is InChI=1S/C25H32ClN5O4/c1-3-4-10-34-24(32)28-13-18-7-8-30(15-18)23-20(16-31-9-11-35-25(31)33)14-27-22(29-23)19-6-5-17(2)21(26)12-19/h5-6,12,14,18H,3-4,7-11,13,15-16H2,1-2H3,(H,28,32). The summed E-state index contributed by atoms with van der Waals surface area (Å²) in [5.74, 6) is 1.64. The van der Waals surface area contributed by atoms with Crippen LogP contribution in [0.1, 0.15) is 37.3 Å². The Kier molecular flexibility index (Phi) is 8.28. The van der Waals surface area contributed by atoms with E-state index in [2.05, 4.69) is 22.1 Å². The molecule has 2 fully saturated rings. The van der Waals surface area contributed by atoms with Gasteiger partial charge in [-0.25, -0.2) is 19.6 Å². The van der Waals surface area contributed by atoms with E-state index in [1.807, 2.05) is 25.1 Å². The number of ether oxygens (including phenoxy) is 2. The molecular weight excluding hydrogens is 470 g/mol. The molecule has 0 radical (unpaired) electrons. The summed E-state index contributed by atoms with van der Waals surface area (Å²) >= 11 is 6.34. The Morgan fingerprint density at radius 3 is 2.94 bits per heavy atom. The molecule has 4 rings (SSSR count). The van der Waals surface area contributed by atoms with Crippen molar-refractivity contribution >= 4 is 29.6 Å². The van der Waals surface area contributed by atoms with Crippen molar-refractivity contribution in [2.75, 3.05) is 44.3 Å². The van der Waals surface area contributed by atoms with Crippen molar-refractivity contribution in [1.82, 2.24) is 20.2 Å². The Hall–Kier alpha value is -3.07. The van der Waals surface area contributed by atoms with Crippen LogP contribution in [0.5, 0.6) is 0 Å². The van der Waals surface area contributed by atoms with Crippen LogP contribution < -0.4 is 10.2 Å². The molecule has 188 valence electrons. The zero-order chi connectivity index (χ0) is 24.8. The molecule has 0 spiro atoms. The number of benzene rings is 1. The second-order valence-corrected chi connectivity index (χ2v) is 9.42. The van der Waals surface area contributed by atoms with Crippen LogP contribution in [0, 0.1) is 12.8 Å². The highest BCUT2D eigenvalue weighted by Crippen LogP contribution is 2.30. The van der Waals surface area contributed by atoms with E-state index in [0.717, 1.165) is 54.9 Å². The Morgan fingerprint density at radius 2 is 2.20 bits per heavy atom. The number of anilines is 1. The molecule has 0 saturated carbocycles. The number of amides is 2. The molecular formula is C25H32ClN5O4. The lowest BCUT2D eigenvalue weighted by molar-refractivity contribution is 0.143. The first-order valence-corrected chi connectivity index (χ1v) is 12.5. The van der Waals surface area contributed by atoms with Crippen LogP contribution in [-0.2, 0) is 16.0 Å². The van der Waals surface area contributed by atoms with Crippen LogP contribution in [0.4, 0.5) is 15.4 Å². The van der Waals surface area contributed by atoms with E-state index in [-0.39, 0.29) is 18.1 Å². The average molecular weight is 502 g/mol. The molecule has 2 aromatic rings. The van der Waals surface area contributed by atoms with E-state index >= 15 is 0 Å². The van der Waals surface area contributed by atoms with Crippen molar-refractivity contribution in [3.05, 3.63) is 40.5 Å². The molecule has 1 N–H and O–H groups in total. The van der Waals surface area contributed by atoms with Gasteiger partial charge in [0.15, 0.2) is 5.82 Å². The van der Waals surface area contributed by atoms with Crippen molar-refractivity contribution in [3.8, 4) is 11.4 Å². The predicted molar refractivity (Wildman–Crippen MR) is 134 cm³/mol. The molecule has 0 bridgehead atoms. The second-order valence-electron chi connectivity index (χ2n) is 9.01. The lowest BCUT2D eigenvalue weighted by Crippen LogP contribution is -2.32. The van der Waals surface area contributed by atoms with Crippen LogP contribution in [0.25, 0.3) is 11.4 Å². The molecule has 1 unspecified atom stereocenters. The van der Waals surface area contributed by atoms with Crippen LogP contribution >= 0.6 is 11.6 Å². The largest absolute Gasteiger partial charge is 0.450 e. The third-order valence-corrected chi connectivity index (χ3v) is 6.74. The molecule has 2 aliphatic rings. The number of hydrogen-bond acceptors (Lipinski definition) is 7. The van der Waals surface area contributed by atoms with Gasteiger partial charge in [-0.05, 0) is 37.3 Å². The van der Waals surface area contributed by atoms with Gasteiger partial charge in [0.25, 0.3) is 0 Å². The van der Waals surface area contributed by atoms with Gasteiger partial charge >= 0.3 is 12.2 Å². The molecule has 3 heterocycles. The molecule has 10 heteroatoms. The Labute approximate surface area is 210 Å². The van der Waals surface area contributed by atoms with Gasteiger partial charge in [-0.15, -0.1) is 0 Å². The summed E-state index contributed by atoms with van der Waals surface area (Å²) in [5, 5.41) is 3.54. The first-order chi connectivity index (χ1) is 16.9. The van der Waals surface area contributed by atoms with Crippen molar-refractivity contribution < 1.29 is 19.1 Å². The zero-order valence-electron chi connectivity index (χ0n) is 20.3. The van der Waals surface area contributed by atoms with Crippen LogP contribution in [0.3, 0.4) is 0 Å². The number of unbranched alkanes of at least 4 members (excludes halogenated alkanes) is 1. The Morgan fingerprint density at radius 1 is 1.34 bits per heavy atom. The van der Waals surface area contributed by atoms with Gasteiger partial charge in [0.05, 0.1) is 19.7 Å². The molecule has 1 atom stereocenters. The number of aromatic nitrogens is 2. The highest BCUT2D eigenvalue weighted by molar-refractivity contribution is 6.31. The van der Waals surface area contributed by atoms with E-state index in [9.17, 15) is 9.59 Å². The number of carbonyl (C=O) groups is 2. The minimum atomic E-state index is -0.370. The van der Waals surface area contributed by atoms with Gasteiger partial charge in [0, 0.05) is 42.0 Å².